The van der Waals surface area contributed by atoms with Crippen LogP contribution in [0.25, 0.3) is 0 Å². The maximum atomic E-state index is 12.5. The fourth-order valence-corrected chi connectivity index (χ4v) is 3.25. The smallest absolute Gasteiger partial charge is 0.254 e. The normalized spacial score (nSPS) is 14.9. The zero-order valence-electron chi connectivity index (χ0n) is 16.1. The van der Waals surface area contributed by atoms with E-state index in [-0.39, 0.29) is 17.6 Å². The number of nitrogens with zero attached hydrogens (tertiary/aromatic N) is 2. The summed E-state index contributed by atoms with van der Waals surface area (Å²) in [4.78, 5) is 26.3. The van der Waals surface area contributed by atoms with E-state index in [2.05, 4.69) is 0 Å². The predicted molar refractivity (Wildman–Crippen MR) is 103 cm³/mol. The molecule has 0 unspecified atom stereocenters. The van der Waals surface area contributed by atoms with Gasteiger partial charge in [0.2, 0.25) is 5.91 Å². The number of amides is 1. The van der Waals surface area contributed by atoms with E-state index in [1.807, 2.05) is 42.2 Å². The lowest BCUT2D eigenvalue weighted by atomic mass is 10.1. The van der Waals surface area contributed by atoms with Crippen molar-refractivity contribution in [2.45, 2.75) is 32.3 Å². The predicted octanol–water partition coefficient (Wildman–Crippen LogP) is 2.31. The van der Waals surface area contributed by atoms with E-state index in [9.17, 15) is 9.59 Å². The van der Waals surface area contributed by atoms with Crippen molar-refractivity contribution < 1.29 is 14.3 Å². The van der Waals surface area contributed by atoms with Crippen LogP contribution < -0.4 is 15.0 Å². The first-order valence-electron chi connectivity index (χ1n) is 9.21. The van der Waals surface area contributed by atoms with Gasteiger partial charge in [0.25, 0.3) is 5.56 Å². The van der Waals surface area contributed by atoms with Crippen LogP contribution in [0.15, 0.2) is 41.2 Å². The van der Waals surface area contributed by atoms with Crippen LogP contribution in [0.4, 0.5) is 0 Å². The standard InChI is InChI=1S/C21H26N2O4/c1-15-12-19(14-20(24)22(15)2)27-18-8-10-23(11-9-18)21(25)13-16-4-6-17(26-3)7-5-16/h4-7,12,14,18H,8-11,13H2,1-3H3. The maximum absolute atomic E-state index is 12.5. The minimum absolute atomic E-state index is 0.0292. The third kappa shape index (κ3) is 4.70. The molecule has 1 amide bonds. The highest BCUT2D eigenvalue weighted by molar-refractivity contribution is 5.78. The fraction of sp³-hybridized carbons (Fsp3) is 0.429. The Morgan fingerprint density at radius 3 is 2.37 bits per heavy atom. The Morgan fingerprint density at radius 2 is 1.78 bits per heavy atom. The number of ether oxygens (including phenoxy) is 2. The number of carbonyl (C=O) groups is 1. The molecule has 0 saturated carbocycles. The summed E-state index contributed by atoms with van der Waals surface area (Å²) in [6.45, 7) is 3.22. The average Bonchev–Trinajstić information content (AvgIpc) is 2.67. The van der Waals surface area contributed by atoms with E-state index >= 15 is 0 Å². The molecular formula is C21H26N2O4. The molecule has 0 radical (unpaired) electrons. The van der Waals surface area contributed by atoms with Crippen molar-refractivity contribution in [3.63, 3.8) is 0 Å². The van der Waals surface area contributed by atoms with Gasteiger partial charge in [-0.2, -0.15) is 0 Å². The van der Waals surface area contributed by atoms with Gasteiger partial charge in [0.05, 0.1) is 13.5 Å². The molecule has 1 aromatic carbocycles. The third-order valence-corrected chi connectivity index (χ3v) is 5.09. The summed E-state index contributed by atoms with van der Waals surface area (Å²) < 4.78 is 12.7. The molecule has 0 N–H and O–H groups in total. The molecule has 0 aliphatic carbocycles. The Labute approximate surface area is 159 Å². The number of hydrogen-bond donors (Lipinski definition) is 0. The minimum atomic E-state index is -0.0721. The summed E-state index contributed by atoms with van der Waals surface area (Å²) >= 11 is 0. The van der Waals surface area contributed by atoms with Crippen molar-refractivity contribution in [2.75, 3.05) is 20.2 Å². The largest absolute Gasteiger partial charge is 0.497 e. The second-order valence-corrected chi connectivity index (χ2v) is 6.95. The van der Waals surface area contributed by atoms with Gasteiger partial charge in [-0.05, 0) is 30.7 Å². The van der Waals surface area contributed by atoms with Crippen LogP contribution in [0.2, 0.25) is 0 Å². The highest BCUT2D eigenvalue weighted by Crippen LogP contribution is 2.20. The number of rotatable bonds is 5. The summed E-state index contributed by atoms with van der Waals surface area (Å²) in [5.41, 5.74) is 1.77. The molecule has 2 heterocycles. The number of piperidine rings is 1. The topological polar surface area (TPSA) is 60.8 Å². The van der Waals surface area contributed by atoms with Gasteiger partial charge in [-0.3, -0.25) is 9.59 Å². The van der Waals surface area contributed by atoms with Gasteiger partial charge in [-0.15, -0.1) is 0 Å². The van der Waals surface area contributed by atoms with E-state index in [4.69, 9.17) is 9.47 Å². The Hall–Kier alpha value is -2.76. The monoisotopic (exact) mass is 370 g/mol. The van der Waals surface area contributed by atoms with Crippen LogP contribution in [0.5, 0.6) is 11.5 Å². The quantitative estimate of drug-likeness (QED) is 0.810. The number of aryl methyl sites for hydroxylation is 1. The van der Waals surface area contributed by atoms with Crippen LogP contribution in [0, 0.1) is 6.92 Å². The highest BCUT2D eigenvalue weighted by Gasteiger charge is 2.24. The summed E-state index contributed by atoms with van der Waals surface area (Å²) in [5.74, 6) is 1.52. The van der Waals surface area contributed by atoms with Crippen molar-refractivity contribution in [2.24, 2.45) is 7.05 Å². The lowest BCUT2D eigenvalue weighted by Gasteiger charge is -2.32. The van der Waals surface area contributed by atoms with Crippen LogP contribution in [0.1, 0.15) is 24.1 Å². The average molecular weight is 370 g/mol. The van der Waals surface area contributed by atoms with Gasteiger partial charge in [0.15, 0.2) is 0 Å². The minimum Gasteiger partial charge on any atom is -0.497 e. The number of aromatic nitrogens is 1. The van der Waals surface area contributed by atoms with Crippen molar-refractivity contribution >= 4 is 5.91 Å². The van der Waals surface area contributed by atoms with E-state index in [1.54, 1.807) is 18.7 Å². The van der Waals surface area contributed by atoms with Crippen LogP contribution >= 0.6 is 0 Å². The van der Waals surface area contributed by atoms with Gasteiger partial charge in [0.1, 0.15) is 17.6 Å². The molecule has 6 nitrogen and oxygen atoms in total. The molecule has 6 heteroatoms. The molecular weight excluding hydrogens is 344 g/mol. The third-order valence-electron chi connectivity index (χ3n) is 5.09. The molecule has 27 heavy (non-hydrogen) atoms. The molecule has 1 aromatic heterocycles. The SMILES string of the molecule is COc1ccc(CC(=O)N2CCC(Oc3cc(C)n(C)c(=O)c3)CC2)cc1. The second kappa shape index (κ2) is 8.29. The Balaban J connectivity index is 1.52. The molecule has 1 saturated heterocycles. The van der Waals surface area contributed by atoms with Crippen LogP contribution in [-0.4, -0.2) is 41.7 Å². The van der Waals surface area contributed by atoms with Crippen molar-refractivity contribution in [1.29, 1.82) is 0 Å². The summed E-state index contributed by atoms with van der Waals surface area (Å²) in [7, 11) is 3.37. The first-order chi connectivity index (χ1) is 13.0. The van der Waals surface area contributed by atoms with E-state index in [1.165, 1.54) is 6.07 Å². The zero-order chi connectivity index (χ0) is 19.4. The molecule has 144 valence electrons. The lowest BCUT2D eigenvalue weighted by molar-refractivity contribution is -0.132. The number of pyridine rings is 1. The number of hydrogen-bond acceptors (Lipinski definition) is 4. The molecule has 1 aliphatic rings. The molecule has 1 fully saturated rings. The summed E-state index contributed by atoms with van der Waals surface area (Å²) in [6.07, 6.45) is 1.95. The zero-order valence-corrected chi connectivity index (χ0v) is 16.1. The number of likely N-dealkylation sites (tertiary alicyclic amines) is 1. The Bertz CT molecular complexity index is 849. The summed E-state index contributed by atoms with van der Waals surface area (Å²) in [6, 6.07) is 11.0. The molecule has 0 atom stereocenters. The Morgan fingerprint density at radius 1 is 1.11 bits per heavy atom. The van der Waals surface area contributed by atoms with Crippen LogP contribution in [0.3, 0.4) is 0 Å². The highest BCUT2D eigenvalue weighted by atomic mass is 16.5. The molecule has 2 aromatic rings. The van der Waals surface area contributed by atoms with Crippen molar-refractivity contribution in [3.05, 3.63) is 58.0 Å². The number of carbonyl (C=O) groups excluding carboxylic acids is 1. The van der Waals surface area contributed by atoms with Gasteiger partial charge in [0, 0.05) is 44.7 Å². The second-order valence-electron chi connectivity index (χ2n) is 6.95. The molecule has 1 aliphatic heterocycles. The van der Waals surface area contributed by atoms with Gasteiger partial charge in [-0.25, -0.2) is 0 Å². The number of methoxy groups -OCH3 is 1. The first-order valence-corrected chi connectivity index (χ1v) is 9.21. The van der Waals surface area contributed by atoms with Crippen molar-refractivity contribution in [1.82, 2.24) is 9.47 Å². The van der Waals surface area contributed by atoms with Crippen LogP contribution in [-0.2, 0) is 18.3 Å². The number of benzene rings is 1. The molecule has 0 spiro atoms. The van der Waals surface area contributed by atoms with Crippen molar-refractivity contribution in [3.8, 4) is 11.5 Å². The fourth-order valence-electron chi connectivity index (χ4n) is 3.25. The van der Waals surface area contributed by atoms with Gasteiger partial charge >= 0.3 is 0 Å². The van der Waals surface area contributed by atoms with Gasteiger partial charge in [-0.1, -0.05) is 12.1 Å². The molecule has 3 rings (SSSR count). The van der Waals surface area contributed by atoms with E-state index in [0.717, 1.165) is 29.8 Å². The van der Waals surface area contributed by atoms with Gasteiger partial charge < -0.3 is 18.9 Å². The first kappa shape index (κ1) is 19.0. The van der Waals surface area contributed by atoms with E-state index in [0.29, 0.717) is 25.3 Å². The summed E-state index contributed by atoms with van der Waals surface area (Å²) in [5, 5.41) is 0. The Kier molecular flexibility index (Phi) is 5.84. The van der Waals surface area contributed by atoms with E-state index < -0.39 is 0 Å². The lowest BCUT2D eigenvalue weighted by Crippen LogP contribution is -2.42. The molecule has 0 bridgehead atoms. The maximum Gasteiger partial charge on any atom is 0.254 e.